The third kappa shape index (κ3) is 5.18. The molecule has 0 fully saturated rings. The molecule has 0 unspecified atom stereocenters. The van der Waals surface area contributed by atoms with Gasteiger partial charge in [-0.05, 0) is 24.3 Å². The first kappa shape index (κ1) is 19.1. The number of nitrogens with zero attached hydrogens (tertiary/aromatic N) is 2. The van der Waals surface area contributed by atoms with Crippen LogP contribution in [0.5, 0.6) is 0 Å². The Morgan fingerprint density at radius 3 is 2.44 bits per heavy atom. The molecule has 1 N–H and O–H groups in total. The molecule has 0 aliphatic carbocycles. The minimum atomic E-state index is -0.108. The number of rotatable bonds is 6. The van der Waals surface area contributed by atoms with E-state index in [4.69, 9.17) is 0 Å². The Balaban J connectivity index is 1.53. The summed E-state index contributed by atoms with van der Waals surface area (Å²) in [5, 5.41) is 4.83. The van der Waals surface area contributed by atoms with E-state index in [-0.39, 0.29) is 17.6 Å². The van der Waals surface area contributed by atoms with Gasteiger partial charge in [-0.3, -0.25) is 9.59 Å². The topological polar surface area (TPSA) is 62.3 Å². The Morgan fingerprint density at radius 2 is 1.78 bits per heavy atom. The maximum Gasteiger partial charge on any atom is 0.253 e. The molecule has 1 heterocycles. The lowest BCUT2D eigenvalue weighted by Crippen LogP contribution is -2.21. The first-order valence-corrected chi connectivity index (χ1v) is 10.1. The number of hydrogen-bond acceptors (Lipinski definition) is 5. The Morgan fingerprint density at radius 1 is 1.07 bits per heavy atom. The summed E-state index contributed by atoms with van der Waals surface area (Å²) in [5.41, 5.74) is 3.24. The van der Waals surface area contributed by atoms with Gasteiger partial charge in [0, 0.05) is 36.3 Å². The van der Waals surface area contributed by atoms with Gasteiger partial charge in [0.1, 0.15) is 0 Å². The van der Waals surface area contributed by atoms with E-state index in [0.29, 0.717) is 11.3 Å². The SMILES string of the molecule is CN(C)C(=O)c1ccc(NC(=O)CSc2nc(-c3ccccc3)cs2)cc1. The van der Waals surface area contributed by atoms with E-state index >= 15 is 0 Å². The van der Waals surface area contributed by atoms with Gasteiger partial charge in [0.25, 0.3) is 5.91 Å². The average Bonchev–Trinajstić information content (AvgIpc) is 3.16. The Kier molecular flexibility index (Phi) is 6.26. The number of amides is 2. The summed E-state index contributed by atoms with van der Waals surface area (Å²) in [6, 6.07) is 16.8. The van der Waals surface area contributed by atoms with Gasteiger partial charge in [0.15, 0.2) is 4.34 Å². The molecule has 7 heteroatoms. The van der Waals surface area contributed by atoms with Crippen LogP contribution in [0.4, 0.5) is 5.69 Å². The highest BCUT2D eigenvalue weighted by molar-refractivity contribution is 8.01. The molecular formula is C20H19N3O2S2. The average molecular weight is 398 g/mol. The predicted octanol–water partition coefficient (Wildman–Crippen LogP) is 4.24. The molecule has 3 aromatic rings. The van der Waals surface area contributed by atoms with Crippen LogP contribution in [-0.4, -0.2) is 41.5 Å². The number of thiazole rings is 1. The highest BCUT2D eigenvalue weighted by Crippen LogP contribution is 2.28. The molecule has 3 rings (SSSR count). The van der Waals surface area contributed by atoms with Crippen molar-refractivity contribution in [2.45, 2.75) is 4.34 Å². The van der Waals surface area contributed by atoms with E-state index in [1.54, 1.807) is 38.4 Å². The summed E-state index contributed by atoms with van der Waals surface area (Å²) in [4.78, 5) is 30.1. The van der Waals surface area contributed by atoms with Crippen LogP contribution < -0.4 is 5.32 Å². The first-order valence-electron chi connectivity index (χ1n) is 8.28. The second kappa shape index (κ2) is 8.83. The summed E-state index contributed by atoms with van der Waals surface area (Å²) < 4.78 is 0.857. The molecule has 0 spiro atoms. The van der Waals surface area contributed by atoms with Crippen molar-refractivity contribution in [2.75, 3.05) is 25.2 Å². The van der Waals surface area contributed by atoms with Gasteiger partial charge in [0.05, 0.1) is 11.4 Å². The maximum absolute atomic E-state index is 12.2. The fourth-order valence-corrected chi connectivity index (χ4v) is 3.98. The van der Waals surface area contributed by atoms with Crippen molar-refractivity contribution in [1.82, 2.24) is 9.88 Å². The molecule has 2 aromatic carbocycles. The lowest BCUT2D eigenvalue weighted by Gasteiger charge is -2.10. The maximum atomic E-state index is 12.2. The molecular weight excluding hydrogens is 378 g/mol. The number of thioether (sulfide) groups is 1. The van der Waals surface area contributed by atoms with Gasteiger partial charge in [-0.2, -0.15) is 0 Å². The van der Waals surface area contributed by atoms with Crippen molar-refractivity contribution >= 4 is 40.6 Å². The molecule has 2 amide bonds. The molecule has 0 bridgehead atoms. The van der Waals surface area contributed by atoms with Crippen molar-refractivity contribution in [3.8, 4) is 11.3 Å². The number of benzene rings is 2. The predicted molar refractivity (Wildman–Crippen MR) is 111 cm³/mol. The molecule has 0 radical (unpaired) electrons. The zero-order valence-corrected chi connectivity index (χ0v) is 16.6. The van der Waals surface area contributed by atoms with E-state index in [2.05, 4.69) is 10.3 Å². The largest absolute Gasteiger partial charge is 0.345 e. The number of hydrogen-bond donors (Lipinski definition) is 1. The fourth-order valence-electron chi connectivity index (χ4n) is 2.34. The number of carbonyl (C=O) groups is 2. The van der Waals surface area contributed by atoms with Crippen molar-refractivity contribution in [2.24, 2.45) is 0 Å². The molecule has 0 saturated heterocycles. The lowest BCUT2D eigenvalue weighted by molar-refractivity contribution is -0.113. The van der Waals surface area contributed by atoms with Crippen LogP contribution in [0.25, 0.3) is 11.3 Å². The van der Waals surface area contributed by atoms with E-state index in [0.717, 1.165) is 15.6 Å². The van der Waals surface area contributed by atoms with Crippen molar-refractivity contribution in [1.29, 1.82) is 0 Å². The number of aromatic nitrogens is 1. The summed E-state index contributed by atoms with van der Waals surface area (Å²) in [6.45, 7) is 0. The summed E-state index contributed by atoms with van der Waals surface area (Å²) in [7, 11) is 3.41. The molecule has 0 atom stereocenters. The van der Waals surface area contributed by atoms with Gasteiger partial charge in [-0.1, -0.05) is 42.1 Å². The minimum absolute atomic E-state index is 0.0681. The van der Waals surface area contributed by atoms with Crippen LogP contribution in [0.3, 0.4) is 0 Å². The Hall–Kier alpha value is -2.64. The van der Waals surface area contributed by atoms with E-state index < -0.39 is 0 Å². The normalized spacial score (nSPS) is 10.4. The highest BCUT2D eigenvalue weighted by atomic mass is 32.2. The Bertz CT molecular complexity index is 922. The summed E-state index contributed by atoms with van der Waals surface area (Å²) in [5.74, 6) is 0.102. The van der Waals surface area contributed by atoms with Gasteiger partial charge < -0.3 is 10.2 Å². The molecule has 5 nitrogen and oxygen atoms in total. The molecule has 0 saturated carbocycles. The molecule has 1 aromatic heterocycles. The van der Waals surface area contributed by atoms with Gasteiger partial charge >= 0.3 is 0 Å². The zero-order valence-electron chi connectivity index (χ0n) is 15.0. The summed E-state index contributed by atoms with van der Waals surface area (Å²) >= 11 is 2.94. The minimum Gasteiger partial charge on any atom is -0.345 e. The first-order chi connectivity index (χ1) is 13.0. The Labute approximate surface area is 166 Å². The van der Waals surface area contributed by atoms with Gasteiger partial charge in [-0.15, -0.1) is 11.3 Å². The van der Waals surface area contributed by atoms with Crippen LogP contribution in [0.1, 0.15) is 10.4 Å². The second-order valence-electron chi connectivity index (χ2n) is 5.98. The standard InChI is InChI=1S/C20H19N3O2S2/c1-23(2)19(25)15-8-10-16(11-9-15)21-18(24)13-27-20-22-17(12-26-20)14-6-4-3-5-7-14/h3-12H,13H2,1-2H3,(H,21,24). The highest BCUT2D eigenvalue weighted by Gasteiger charge is 2.10. The monoisotopic (exact) mass is 397 g/mol. The third-order valence-corrected chi connectivity index (χ3v) is 5.72. The van der Waals surface area contributed by atoms with Crippen LogP contribution >= 0.6 is 23.1 Å². The molecule has 138 valence electrons. The van der Waals surface area contributed by atoms with E-state index in [1.807, 2.05) is 35.7 Å². The van der Waals surface area contributed by atoms with Crippen molar-refractivity contribution in [3.05, 3.63) is 65.5 Å². The molecule has 0 aliphatic heterocycles. The van der Waals surface area contributed by atoms with Gasteiger partial charge in [0.2, 0.25) is 5.91 Å². The molecule has 27 heavy (non-hydrogen) atoms. The van der Waals surface area contributed by atoms with Crippen LogP contribution in [0.15, 0.2) is 64.3 Å². The molecule has 0 aliphatic rings. The quantitative estimate of drug-likeness (QED) is 0.632. The third-order valence-electron chi connectivity index (χ3n) is 3.70. The lowest BCUT2D eigenvalue weighted by atomic mass is 10.2. The fraction of sp³-hybridized carbons (Fsp3) is 0.150. The van der Waals surface area contributed by atoms with Crippen LogP contribution in [0, 0.1) is 0 Å². The van der Waals surface area contributed by atoms with Crippen molar-refractivity contribution in [3.63, 3.8) is 0 Å². The van der Waals surface area contributed by atoms with Crippen LogP contribution in [-0.2, 0) is 4.79 Å². The van der Waals surface area contributed by atoms with E-state index in [9.17, 15) is 9.59 Å². The summed E-state index contributed by atoms with van der Waals surface area (Å²) in [6.07, 6.45) is 0. The zero-order chi connectivity index (χ0) is 19.2. The number of nitrogens with one attached hydrogen (secondary N) is 1. The van der Waals surface area contributed by atoms with E-state index in [1.165, 1.54) is 28.0 Å². The number of carbonyl (C=O) groups excluding carboxylic acids is 2. The second-order valence-corrected chi connectivity index (χ2v) is 8.06. The number of anilines is 1. The van der Waals surface area contributed by atoms with Crippen molar-refractivity contribution < 1.29 is 9.59 Å². The van der Waals surface area contributed by atoms with Crippen LogP contribution in [0.2, 0.25) is 0 Å². The van der Waals surface area contributed by atoms with Gasteiger partial charge in [-0.25, -0.2) is 4.98 Å². The smallest absolute Gasteiger partial charge is 0.253 e.